The molecule has 1 amide bonds. The molecule has 2 fully saturated rings. The summed E-state index contributed by atoms with van der Waals surface area (Å²) in [6.07, 6.45) is 1.95. The molecule has 2 aromatic heterocycles. The quantitative estimate of drug-likeness (QED) is 0.859. The third kappa shape index (κ3) is 2.44. The summed E-state index contributed by atoms with van der Waals surface area (Å²) in [5, 5.41) is 10.6. The minimum Gasteiger partial charge on any atom is -0.354 e. The molecule has 2 aromatic rings. The summed E-state index contributed by atoms with van der Waals surface area (Å²) in [6.45, 7) is 3.83. The molecule has 7 nitrogen and oxygen atoms in total. The molecule has 0 spiro atoms. The van der Waals surface area contributed by atoms with Crippen molar-refractivity contribution in [1.29, 1.82) is 0 Å². The number of rotatable bonds is 3. The van der Waals surface area contributed by atoms with Gasteiger partial charge in [-0.05, 0) is 25.0 Å². The molecule has 0 bridgehead atoms. The second-order valence-electron chi connectivity index (χ2n) is 5.59. The van der Waals surface area contributed by atoms with Crippen molar-refractivity contribution in [2.45, 2.75) is 12.8 Å². The van der Waals surface area contributed by atoms with Gasteiger partial charge in [0.1, 0.15) is 5.82 Å². The van der Waals surface area contributed by atoms with Gasteiger partial charge < -0.3 is 10.2 Å². The summed E-state index contributed by atoms with van der Waals surface area (Å²) in [5.41, 5.74) is 0.761. The van der Waals surface area contributed by atoms with Gasteiger partial charge in [-0.15, -0.1) is 5.10 Å². The molecule has 4 rings (SSSR count). The average Bonchev–Trinajstić information content (AvgIpc) is 3.28. The van der Waals surface area contributed by atoms with E-state index in [0.29, 0.717) is 5.95 Å². The number of piperazine rings is 1. The maximum absolute atomic E-state index is 11.8. The topological polar surface area (TPSA) is 74.6 Å². The first-order valence-corrected chi connectivity index (χ1v) is 7.43. The predicted molar refractivity (Wildman–Crippen MR) is 79.4 cm³/mol. The maximum atomic E-state index is 11.8. The van der Waals surface area contributed by atoms with E-state index in [2.05, 4.69) is 25.6 Å². The van der Waals surface area contributed by atoms with E-state index in [1.165, 1.54) is 0 Å². The molecule has 0 unspecified atom stereocenters. The molecule has 3 heterocycles. The van der Waals surface area contributed by atoms with Crippen LogP contribution in [0.25, 0.3) is 5.65 Å². The molecule has 7 heteroatoms. The number of hydrogen-bond donors (Lipinski definition) is 2. The highest BCUT2D eigenvalue weighted by molar-refractivity contribution is 5.92. The van der Waals surface area contributed by atoms with Crippen molar-refractivity contribution in [1.82, 2.24) is 19.9 Å². The predicted octanol–water partition coefficient (Wildman–Crippen LogP) is 0.487. The fraction of sp³-hybridized carbons (Fsp3) is 0.500. The minimum absolute atomic E-state index is 0.0367. The number of nitrogens with zero attached hydrogens (tertiary/aromatic N) is 4. The molecule has 110 valence electrons. The zero-order chi connectivity index (χ0) is 14.2. The van der Waals surface area contributed by atoms with Crippen LogP contribution in [0.3, 0.4) is 0 Å². The van der Waals surface area contributed by atoms with Crippen LogP contribution in [0.5, 0.6) is 0 Å². The summed E-state index contributed by atoms with van der Waals surface area (Å²) in [7, 11) is 0. The van der Waals surface area contributed by atoms with Gasteiger partial charge in [0.15, 0.2) is 5.65 Å². The van der Waals surface area contributed by atoms with Crippen molar-refractivity contribution < 1.29 is 4.79 Å². The first kappa shape index (κ1) is 12.6. The van der Waals surface area contributed by atoms with Crippen molar-refractivity contribution in [3.05, 3.63) is 18.2 Å². The Bertz CT molecular complexity index is 671. The Morgan fingerprint density at radius 2 is 2.10 bits per heavy atom. The first-order valence-electron chi connectivity index (χ1n) is 7.43. The lowest BCUT2D eigenvalue weighted by molar-refractivity contribution is -0.117. The summed E-state index contributed by atoms with van der Waals surface area (Å²) < 4.78 is 1.81. The third-order valence-electron chi connectivity index (χ3n) is 3.96. The van der Waals surface area contributed by atoms with E-state index in [1.54, 1.807) is 0 Å². The minimum atomic E-state index is 0.0367. The highest BCUT2D eigenvalue weighted by atomic mass is 16.2. The van der Waals surface area contributed by atoms with Gasteiger partial charge in [0.25, 0.3) is 0 Å². The van der Waals surface area contributed by atoms with Gasteiger partial charge in [-0.1, -0.05) is 6.07 Å². The fourth-order valence-electron chi connectivity index (χ4n) is 2.64. The molecule has 2 N–H and O–H groups in total. The molecule has 0 radical (unpaired) electrons. The molecule has 0 atom stereocenters. The molecule has 1 aliphatic carbocycles. The van der Waals surface area contributed by atoms with Gasteiger partial charge in [-0.3, -0.25) is 10.1 Å². The van der Waals surface area contributed by atoms with E-state index in [-0.39, 0.29) is 11.8 Å². The number of carbonyl (C=O) groups excluding carboxylic acids is 1. The number of pyridine rings is 1. The lowest BCUT2D eigenvalue weighted by Gasteiger charge is -2.29. The number of hydrogen-bond acceptors (Lipinski definition) is 5. The smallest absolute Gasteiger partial charge is 0.249 e. The highest BCUT2D eigenvalue weighted by Gasteiger charge is 2.30. The molecule has 2 aliphatic rings. The maximum Gasteiger partial charge on any atom is 0.249 e. The van der Waals surface area contributed by atoms with E-state index < -0.39 is 0 Å². The van der Waals surface area contributed by atoms with Crippen LogP contribution >= 0.6 is 0 Å². The van der Waals surface area contributed by atoms with Gasteiger partial charge >= 0.3 is 0 Å². The van der Waals surface area contributed by atoms with Crippen molar-refractivity contribution >= 4 is 23.3 Å². The van der Waals surface area contributed by atoms with Crippen LogP contribution in [0.4, 0.5) is 11.8 Å². The molecule has 21 heavy (non-hydrogen) atoms. The Hall–Kier alpha value is -2.15. The molecule has 1 saturated carbocycles. The van der Waals surface area contributed by atoms with E-state index in [1.807, 2.05) is 22.7 Å². The number of anilines is 2. The van der Waals surface area contributed by atoms with Crippen molar-refractivity contribution in [3.8, 4) is 0 Å². The zero-order valence-corrected chi connectivity index (χ0v) is 11.7. The summed E-state index contributed by atoms with van der Waals surface area (Å²) >= 11 is 0. The monoisotopic (exact) mass is 286 g/mol. The standard InChI is InChI=1S/C14H18N6O/c21-13(10-4-5-10)17-14-16-11-2-1-3-12(20(11)18-14)19-8-6-15-7-9-19/h1-3,10,15H,4-9H2,(H,17,18,21). The van der Waals surface area contributed by atoms with Gasteiger partial charge in [-0.2, -0.15) is 9.50 Å². The van der Waals surface area contributed by atoms with Gasteiger partial charge in [0, 0.05) is 32.1 Å². The Morgan fingerprint density at radius 3 is 2.86 bits per heavy atom. The fourth-order valence-corrected chi connectivity index (χ4v) is 2.64. The van der Waals surface area contributed by atoms with E-state index in [4.69, 9.17) is 0 Å². The Morgan fingerprint density at radius 1 is 1.29 bits per heavy atom. The second-order valence-corrected chi connectivity index (χ2v) is 5.59. The van der Waals surface area contributed by atoms with Gasteiger partial charge in [0.05, 0.1) is 0 Å². The normalized spacial score (nSPS) is 19.0. The number of nitrogens with one attached hydrogen (secondary N) is 2. The Labute approximate surface area is 122 Å². The number of amides is 1. The summed E-state index contributed by atoms with van der Waals surface area (Å²) in [6, 6.07) is 5.93. The Balaban J connectivity index is 1.64. The zero-order valence-electron chi connectivity index (χ0n) is 11.7. The lowest BCUT2D eigenvalue weighted by Crippen LogP contribution is -2.44. The lowest BCUT2D eigenvalue weighted by atomic mass is 10.3. The Kier molecular flexibility index (Phi) is 2.99. The number of aromatic nitrogens is 3. The van der Waals surface area contributed by atoms with Crippen LogP contribution in [0.2, 0.25) is 0 Å². The van der Waals surface area contributed by atoms with Gasteiger partial charge in [-0.25, -0.2) is 0 Å². The molecule has 1 saturated heterocycles. The van der Waals surface area contributed by atoms with Crippen molar-refractivity contribution in [2.75, 3.05) is 36.4 Å². The third-order valence-corrected chi connectivity index (χ3v) is 3.96. The van der Waals surface area contributed by atoms with Crippen molar-refractivity contribution in [3.63, 3.8) is 0 Å². The van der Waals surface area contributed by atoms with Crippen LogP contribution in [0.1, 0.15) is 12.8 Å². The molecule has 1 aliphatic heterocycles. The van der Waals surface area contributed by atoms with Crippen molar-refractivity contribution in [2.24, 2.45) is 5.92 Å². The second kappa shape index (κ2) is 5.00. The SMILES string of the molecule is O=C(Nc1nc2cccc(N3CCNCC3)n2n1)C1CC1. The highest BCUT2D eigenvalue weighted by Crippen LogP contribution is 2.30. The summed E-state index contributed by atoms with van der Waals surface area (Å²) in [5.74, 6) is 1.61. The van der Waals surface area contributed by atoms with Gasteiger partial charge in [0.2, 0.25) is 11.9 Å². The first-order chi connectivity index (χ1) is 10.3. The molecular weight excluding hydrogens is 268 g/mol. The number of fused-ring (bicyclic) bond motifs is 1. The van der Waals surface area contributed by atoms with Crippen LogP contribution in [0.15, 0.2) is 18.2 Å². The van der Waals surface area contributed by atoms with Crippen LogP contribution in [-0.2, 0) is 4.79 Å². The van der Waals surface area contributed by atoms with E-state index >= 15 is 0 Å². The van der Waals surface area contributed by atoms with E-state index in [9.17, 15) is 4.79 Å². The molecular formula is C14H18N6O. The van der Waals surface area contributed by atoms with Crippen LogP contribution in [0, 0.1) is 5.92 Å². The van der Waals surface area contributed by atoms with Crippen LogP contribution in [-0.4, -0.2) is 46.7 Å². The largest absolute Gasteiger partial charge is 0.354 e. The van der Waals surface area contributed by atoms with E-state index in [0.717, 1.165) is 50.5 Å². The average molecular weight is 286 g/mol. The summed E-state index contributed by atoms with van der Waals surface area (Å²) in [4.78, 5) is 18.5. The number of carbonyl (C=O) groups is 1. The van der Waals surface area contributed by atoms with Crippen LogP contribution < -0.4 is 15.5 Å². The molecule has 0 aromatic carbocycles.